The molecule has 0 aromatic rings. The van der Waals surface area contributed by atoms with E-state index in [1.807, 2.05) is 0 Å². The van der Waals surface area contributed by atoms with Crippen LogP contribution in [0.1, 0.15) is 71.1 Å². The van der Waals surface area contributed by atoms with Crippen molar-refractivity contribution in [1.29, 1.82) is 0 Å². The minimum atomic E-state index is -0.452. The van der Waals surface area contributed by atoms with Crippen molar-refractivity contribution in [1.82, 2.24) is 10.6 Å². The molecule has 0 aliphatic heterocycles. The molecule has 2 aliphatic carbocycles. The summed E-state index contributed by atoms with van der Waals surface area (Å²) >= 11 is 0. The monoisotopic (exact) mass is 309 g/mol. The molecule has 2 saturated carbocycles. The molecule has 5 heteroatoms. The molecule has 126 valence electrons. The normalized spacial score (nSPS) is 27.9. The van der Waals surface area contributed by atoms with Crippen LogP contribution in [0.2, 0.25) is 0 Å². The topological polar surface area (TPSA) is 84.2 Å². The molecule has 5 nitrogen and oxygen atoms in total. The minimum Gasteiger partial charge on any atom is -0.352 e. The first-order valence-corrected chi connectivity index (χ1v) is 8.90. The van der Waals surface area contributed by atoms with Gasteiger partial charge in [-0.05, 0) is 51.4 Å². The van der Waals surface area contributed by atoms with E-state index in [9.17, 15) is 9.59 Å². The van der Waals surface area contributed by atoms with Crippen LogP contribution in [0, 0.1) is 5.92 Å². The Labute approximate surface area is 133 Å². The maximum atomic E-state index is 12.2. The predicted molar refractivity (Wildman–Crippen MR) is 87.2 cm³/mol. The fraction of sp³-hybridized carbons (Fsp3) is 0.882. The Hall–Kier alpha value is -1.10. The van der Waals surface area contributed by atoms with Crippen LogP contribution in [-0.2, 0) is 9.59 Å². The molecule has 1 unspecified atom stereocenters. The molecule has 0 aromatic heterocycles. The van der Waals surface area contributed by atoms with Crippen LogP contribution in [0.25, 0.3) is 0 Å². The van der Waals surface area contributed by atoms with Crippen LogP contribution >= 0.6 is 0 Å². The van der Waals surface area contributed by atoms with Crippen molar-refractivity contribution < 1.29 is 9.59 Å². The van der Waals surface area contributed by atoms with E-state index < -0.39 is 6.04 Å². The maximum Gasteiger partial charge on any atom is 0.242 e. The fourth-order valence-corrected chi connectivity index (χ4v) is 3.61. The zero-order valence-corrected chi connectivity index (χ0v) is 13.8. The summed E-state index contributed by atoms with van der Waals surface area (Å²) < 4.78 is 0. The lowest BCUT2D eigenvalue weighted by Gasteiger charge is -2.28. The Morgan fingerprint density at radius 3 is 2.32 bits per heavy atom. The first-order chi connectivity index (χ1) is 10.5. The van der Waals surface area contributed by atoms with E-state index in [2.05, 4.69) is 10.6 Å². The first-order valence-electron chi connectivity index (χ1n) is 8.90. The van der Waals surface area contributed by atoms with Crippen molar-refractivity contribution in [2.45, 2.75) is 89.3 Å². The molecule has 0 aromatic carbocycles. The number of nitrogens with two attached hydrogens (primary N) is 1. The number of amides is 2. The van der Waals surface area contributed by atoms with Gasteiger partial charge in [0.25, 0.3) is 0 Å². The van der Waals surface area contributed by atoms with E-state index in [1.165, 1.54) is 19.3 Å². The third kappa shape index (κ3) is 5.59. The summed E-state index contributed by atoms with van der Waals surface area (Å²) in [6, 6.07) is 0.0393. The molecule has 0 spiro atoms. The Bertz CT molecular complexity index is 372. The van der Waals surface area contributed by atoms with Gasteiger partial charge in [-0.25, -0.2) is 0 Å². The number of nitrogens with one attached hydrogen (secondary N) is 2. The van der Waals surface area contributed by atoms with E-state index in [-0.39, 0.29) is 23.9 Å². The van der Waals surface area contributed by atoms with Gasteiger partial charge in [0.05, 0.1) is 0 Å². The number of hydrogen-bond donors (Lipinski definition) is 3. The van der Waals surface area contributed by atoms with Crippen LogP contribution in [0.3, 0.4) is 0 Å². The van der Waals surface area contributed by atoms with Crippen LogP contribution in [0.15, 0.2) is 0 Å². The zero-order valence-electron chi connectivity index (χ0n) is 13.8. The van der Waals surface area contributed by atoms with E-state index >= 15 is 0 Å². The Kier molecular flexibility index (Phi) is 6.68. The van der Waals surface area contributed by atoms with Crippen molar-refractivity contribution in [3.8, 4) is 0 Å². The van der Waals surface area contributed by atoms with Gasteiger partial charge in [-0.1, -0.05) is 19.3 Å². The van der Waals surface area contributed by atoms with E-state index in [4.69, 9.17) is 5.73 Å². The molecule has 0 bridgehead atoms. The Morgan fingerprint density at radius 1 is 1.05 bits per heavy atom. The largest absolute Gasteiger partial charge is 0.352 e. The van der Waals surface area contributed by atoms with Crippen molar-refractivity contribution in [2.75, 3.05) is 0 Å². The number of carbonyl (C=O) groups excluding carboxylic acids is 2. The summed E-state index contributed by atoms with van der Waals surface area (Å²) in [5.74, 6) is 0.446. The van der Waals surface area contributed by atoms with Gasteiger partial charge in [0.1, 0.15) is 6.04 Å². The first kappa shape index (κ1) is 17.3. The van der Waals surface area contributed by atoms with Gasteiger partial charge in [-0.3, -0.25) is 9.59 Å². The lowest BCUT2D eigenvalue weighted by molar-refractivity contribution is -0.129. The molecule has 2 aliphatic rings. The molecule has 4 N–H and O–H groups in total. The number of carbonyl (C=O) groups is 2. The second kappa shape index (κ2) is 8.51. The summed E-state index contributed by atoms with van der Waals surface area (Å²) in [5.41, 5.74) is 5.87. The number of hydrogen-bond acceptors (Lipinski definition) is 3. The summed E-state index contributed by atoms with van der Waals surface area (Å²) in [6.45, 7) is 1.77. The minimum absolute atomic E-state index is 0.0141. The lowest BCUT2D eigenvalue weighted by atomic mass is 9.87. The van der Waals surface area contributed by atoms with Crippen molar-refractivity contribution in [3.05, 3.63) is 0 Å². The second-order valence-corrected chi connectivity index (χ2v) is 7.12. The van der Waals surface area contributed by atoms with Gasteiger partial charge < -0.3 is 16.4 Å². The van der Waals surface area contributed by atoms with Gasteiger partial charge in [-0.2, -0.15) is 0 Å². The molecule has 0 heterocycles. The van der Waals surface area contributed by atoms with Crippen molar-refractivity contribution >= 4 is 11.8 Å². The quantitative estimate of drug-likeness (QED) is 0.724. The van der Waals surface area contributed by atoms with Gasteiger partial charge in [-0.15, -0.1) is 0 Å². The number of rotatable bonds is 5. The highest BCUT2D eigenvalue weighted by atomic mass is 16.2. The summed E-state index contributed by atoms with van der Waals surface area (Å²) in [4.78, 5) is 24.2. The van der Waals surface area contributed by atoms with Gasteiger partial charge >= 0.3 is 0 Å². The maximum absolute atomic E-state index is 12.2. The third-order valence-electron chi connectivity index (χ3n) is 5.09. The SMILES string of the molecule is CC(NC(=O)CC1CCCCC1)C(=O)NC1CCC(N)CC1. The highest BCUT2D eigenvalue weighted by molar-refractivity contribution is 5.87. The molecular formula is C17H31N3O2. The molecule has 0 radical (unpaired) electrons. The summed E-state index contributed by atoms with van der Waals surface area (Å²) in [6.07, 6.45) is 10.4. The highest BCUT2D eigenvalue weighted by Crippen LogP contribution is 2.26. The molecule has 1 atom stereocenters. The van der Waals surface area contributed by atoms with Crippen molar-refractivity contribution in [3.63, 3.8) is 0 Å². The second-order valence-electron chi connectivity index (χ2n) is 7.12. The molecule has 2 fully saturated rings. The molecular weight excluding hydrogens is 278 g/mol. The van der Waals surface area contributed by atoms with Crippen LogP contribution in [0.5, 0.6) is 0 Å². The van der Waals surface area contributed by atoms with E-state index in [0.29, 0.717) is 12.3 Å². The van der Waals surface area contributed by atoms with Crippen LogP contribution in [-0.4, -0.2) is 29.9 Å². The standard InChI is InChI=1S/C17H31N3O2/c1-12(17(22)20-15-9-7-14(18)8-10-15)19-16(21)11-13-5-3-2-4-6-13/h12-15H,2-11,18H2,1H3,(H,19,21)(H,20,22). The fourth-order valence-electron chi connectivity index (χ4n) is 3.61. The van der Waals surface area contributed by atoms with E-state index in [1.54, 1.807) is 6.92 Å². The highest BCUT2D eigenvalue weighted by Gasteiger charge is 2.24. The lowest BCUT2D eigenvalue weighted by Crippen LogP contribution is -2.49. The molecule has 0 saturated heterocycles. The smallest absolute Gasteiger partial charge is 0.242 e. The van der Waals surface area contributed by atoms with Crippen molar-refractivity contribution in [2.24, 2.45) is 11.7 Å². The molecule has 2 amide bonds. The van der Waals surface area contributed by atoms with Gasteiger partial charge in [0, 0.05) is 18.5 Å². The van der Waals surface area contributed by atoms with Crippen LogP contribution < -0.4 is 16.4 Å². The van der Waals surface area contributed by atoms with Gasteiger partial charge in [0.2, 0.25) is 11.8 Å². The molecule has 2 rings (SSSR count). The summed E-state index contributed by atoms with van der Waals surface area (Å²) in [7, 11) is 0. The average molecular weight is 309 g/mol. The zero-order chi connectivity index (χ0) is 15.9. The average Bonchev–Trinajstić information content (AvgIpc) is 2.50. The van der Waals surface area contributed by atoms with Crippen LogP contribution in [0.4, 0.5) is 0 Å². The Morgan fingerprint density at radius 2 is 1.68 bits per heavy atom. The van der Waals surface area contributed by atoms with E-state index in [0.717, 1.165) is 38.5 Å². The molecule has 22 heavy (non-hydrogen) atoms. The summed E-state index contributed by atoms with van der Waals surface area (Å²) in [5, 5.41) is 5.89. The predicted octanol–water partition coefficient (Wildman–Crippen LogP) is 1.85. The third-order valence-corrected chi connectivity index (χ3v) is 5.09. The van der Waals surface area contributed by atoms with Gasteiger partial charge in [0.15, 0.2) is 0 Å². The Balaban J connectivity index is 1.67.